The third kappa shape index (κ3) is 4.88. The number of alkyl halides is 1. The maximum Gasteiger partial charge on any atom is 0.203 e. The number of aryl methyl sites for hydroxylation is 1. The first-order chi connectivity index (χ1) is 16.0. The summed E-state index contributed by atoms with van der Waals surface area (Å²) in [6, 6.07) is 9.33. The Kier molecular flexibility index (Phi) is 5.78. The van der Waals surface area contributed by atoms with Crippen LogP contribution < -0.4 is 5.43 Å². The van der Waals surface area contributed by atoms with Crippen LogP contribution in [0.1, 0.15) is 23.2 Å². The predicted octanol–water partition coefficient (Wildman–Crippen LogP) is 2.56. The molecule has 1 aliphatic rings. The topological polar surface area (TPSA) is 81.7 Å². The van der Waals surface area contributed by atoms with Crippen LogP contribution in [0, 0.1) is 0 Å². The number of benzene rings is 1. The number of halogens is 1. The Bertz CT molecular complexity index is 1310. The first-order valence-corrected chi connectivity index (χ1v) is 10.9. The second-order valence-electron chi connectivity index (χ2n) is 8.36. The highest BCUT2D eigenvalue weighted by atomic mass is 19.1. The van der Waals surface area contributed by atoms with Crippen molar-refractivity contribution in [3.05, 3.63) is 88.4 Å². The summed E-state index contributed by atoms with van der Waals surface area (Å²) in [5.74, 6) is 0.610. The molecule has 1 saturated heterocycles. The SMILES string of the molecule is Cn1cc(-n2ccc(=O)c(Cc3cccc(-c4ncc(CN5CCC(F)C5)cn4)c3)n2)cn1. The Morgan fingerprint density at radius 1 is 1.12 bits per heavy atom. The second-order valence-corrected chi connectivity index (χ2v) is 8.36. The monoisotopic (exact) mass is 445 g/mol. The molecule has 0 N–H and O–H groups in total. The van der Waals surface area contributed by atoms with Gasteiger partial charge >= 0.3 is 0 Å². The van der Waals surface area contributed by atoms with Gasteiger partial charge in [-0.3, -0.25) is 14.4 Å². The van der Waals surface area contributed by atoms with Gasteiger partial charge in [-0.15, -0.1) is 0 Å². The quantitative estimate of drug-likeness (QED) is 0.454. The fourth-order valence-electron chi connectivity index (χ4n) is 4.03. The van der Waals surface area contributed by atoms with Gasteiger partial charge in [0.05, 0.1) is 12.4 Å². The lowest BCUT2D eigenvalue weighted by Gasteiger charge is -2.14. The molecule has 0 radical (unpaired) electrons. The zero-order valence-corrected chi connectivity index (χ0v) is 18.3. The van der Waals surface area contributed by atoms with E-state index < -0.39 is 6.17 Å². The van der Waals surface area contributed by atoms with Gasteiger partial charge in [0.1, 0.15) is 17.6 Å². The highest BCUT2D eigenvalue weighted by Crippen LogP contribution is 2.19. The van der Waals surface area contributed by atoms with Crippen LogP contribution in [-0.4, -0.2) is 53.7 Å². The van der Waals surface area contributed by atoms with Crippen molar-refractivity contribution >= 4 is 0 Å². The summed E-state index contributed by atoms with van der Waals surface area (Å²) in [6.07, 6.45) is 9.02. The number of hydrogen-bond donors (Lipinski definition) is 0. The third-order valence-electron chi connectivity index (χ3n) is 5.72. The summed E-state index contributed by atoms with van der Waals surface area (Å²) in [7, 11) is 1.83. The van der Waals surface area contributed by atoms with E-state index in [1.165, 1.54) is 6.07 Å². The molecule has 1 unspecified atom stereocenters. The minimum atomic E-state index is -0.736. The zero-order chi connectivity index (χ0) is 22.8. The molecule has 1 aliphatic heterocycles. The molecular weight excluding hydrogens is 421 g/mol. The molecule has 8 nitrogen and oxygen atoms in total. The van der Waals surface area contributed by atoms with E-state index in [9.17, 15) is 9.18 Å². The molecule has 1 aromatic carbocycles. The number of aromatic nitrogens is 6. The Hall–Kier alpha value is -3.72. The second kappa shape index (κ2) is 9.03. The normalized spacial score (nSPS) is 16.4. The maximum atomic E-state index is 13.4. The van der Waals surface area contributed by atoms with Crippen LogP contribution >= 0.6 is 0 Å². The Morgan fingerprint density at radius 3 is 2.70 bits per heavy atom. The van der Waals surface area contributed by atoms with Gasteiger partial charge in [-0.1, -0.05) is 18.2 Å². The lowest BCUT2D eigenvalue weighted by Crippen LogP contribution is -2.20. The van der Waals surface area contributed by atoms with Crippen molar-refractivity contribution in [1.82, 2.24) is 34.4 Å². The molecule has 168 valence electrons. The summed E-state index contributed by atoms with van der Waals surface area (Å²) in [4.78, 5) is 23.5. The van der Waals surface area contributed by atoms with Crippen LogP contribution in [0.5, 0.6) is 0 Å². The molecule has 0 amide bonds. The highest BCUT2D eigenvalue weighted by molar-refractivity contribution is 5.56. The Morgan fingerprint density at radius 2 is 1.97 bits per heavy atom. The number of rotatable bonds is 6. The van der Waals surface area contributed by atoms with E-state index in [0.717, 1.165) is 28.9 Å². The van der Waals surface area contributed by atoms with E-state index in [1.54, 1.807) is 34.2 Å². The standard InChI is InChI=1S/C24H24FN7O/c1-30-16-21(13-28-30)32-8-6-23(33)22(29-32)10-17-3-2-4-19(9-17)24-26-11-18(12-27-24)14-31-7-5-20(25)15-31/h2-4,6,8-9,11-13,16,20H,5,7,10,14-15H2,1H3. The van der Waals surface area contributed by atoms with E-state index in [0.29, 0.717) is 37.4 Å². The van der Waals surface area contributed by atoms with Crippen LogP contribution in [0.3, 0.4) is 0 Å². The van der Waals surface area contributed by atoms with Crippen LogP contribution in [0.4, 0.5) is 4.39 Å². The third-order valence-corrected chi connectivity index (χ3v) is 5.72. The summed E-state index contributed by atoms with van der Waals surface area (Å²) in [5, 5.41) is 8.66. The molecule has 1 fully saturated rings. The fraction of sp³-hybridized carbons (Fsp3) is 0.292. The van der Waals surface area contributed by atoms with E-state index in [4.69, 9.17) is 0 Å². The van der Waals surface area contributed by atoms with Gasteiger partial charge in [0.25, 0.3) is 0 Å². The molecule has 4 aromatic rings. The summed E-state index contributed by atoms with van der Waals surface area (Å²) >= 11 is 0. The van der Waals surface area contributed by atoms with Gasteiger partial charge in [-0.25, -0.2) is 19.0 Å². The van der Waals surface area contributed by atoms with Crippen LogP contribution in [0.15, 0.2) is 66.1 Å². The first kappa shape index (κ1) is 21.1. The smallest absolute Gasteiger partial charge is 0.203 e. The molecule has 0 spiro atoms. The van der Waals surface area contributed by atoms with E-state index >= 15 is 0 Å². The number of hydrogen-bond acceptors (Lipinski definition) is 6. The highest BCUT2D eigenvalue weighted by Gasteiger charge is 2.21. The van der Waals surface area contributed by atoms with Gasteiger partial charge in [-0.05, 0) is 18.1 Å². The minimum absolute atomic E-state index is 0.112. The van der Waals surface area contributed by atoms with E-state index in [-0.39, 0.29) is 5.43 Å². The largest absolute Gasteiger partial charge is 0.296 e. The average molecular weight is 446 g/mol. The minimum Gasteiger partial charge on any atom is -0.296 e. The van der Waals surface area contributed by atoms with Crippen molar-refractivity contribution < 1.29 is 4.39 Å². The Labute approximate surface area is 190 Å². The number of nitrogens with zero attached hydrogens (tertiary/aromatic N) is 7. The maximum absolute atomic E-state index is 13.4. The predicted molar refractivity (Wildman–Crippen MR) is 122 cm³/mol. The lowest BCUT2D eigenvalue weighted by molar-refractivity contribution is 0.282. The van der Waals surface area contributed by atoms with Crippen molar-refractivity contribution in [2.45, 2.75) is 25.6 Å². The Balaban J connectivity index is 1.33. The average Bonchev–Trinajstić information content (AvgIpc) is 3.44. The molecule has 5 rings (SSSR count). The molecule has 1 atom stereocenters. The van der Waals surface area contributed by atoms with Crippen LogP contribution in [0.2, 0.25) is 0 Å². The molecular formula is C24H24FN7O. The summed E-state index contributed by atoms with van der Waals surface area (Å²) < 4.78 is 16.7. The van der Waals surface area contributed by atoms with Gasteiger partial charge in [0, 0.05) is 68.9 Å². The van der Waals surface area contributed by atoms with E-state index in [2.05, 4.69) is 25.1 Å². The fourth-order valence-corrected chi connectivity index (χ4v) is 4.03. The van der Waals surface area contributed by atoms with Gasteiger partial charge in [0.2, 0.25) is 5.43 Å². The van der Waals surface area contributed by atoms with Crippen molar-refractivity contribution in [3.8, 4) is 17.1 Å². The zero-order valence-electron chi connectivity index (χ0n) is 18.3. The number of likely N-dealkylation sites (tertiary alicyclic amines) is 1. The summed E-state index contributed by atoms with van der Waals surface area (Å²) in [6.45, 7) is 1.89. The van der Waals surface area contributed by atoms with Crippen molar-refractivity contribution in [1.29, 1.82) is 0 Å². The summed E-state index contributed by atoms with van der Waals surface area (Å²) in [5.41, 5.74) is 3.91. The van der Waals surface area contributed by atoms with Gasteiger partial charge in [0.15, 0.2) is 5.82 Å². The van der Waals surface area contributed by atoms with Crippen molar-refractivity contribution in [3.63, 3.8) is 0 Å². The molecule has 0 saturated carbocycles. The molecule has 3 aromatic heterocycles. The van der Waals surface area contributed by atoms with Crippen LogP contribution in [0.25, 0.3) is 17.1 Å². The molecule has 4 heterocycles. The van der Waals surface area contributed by atoms with Crippen molar-refractivity contribution in [2.75, 3.05) is 13.1 Å². The van der Waals surface area contributed by atoms with Gasteiger partial charge < -0.3 is 0 Å². The first-order valence-electron chi connectivity index (χ1n) is 10.9. The molecule has 0 bridgehead atoms. The molecule has 0 aliphatic carbocycles. The molecule has 33 heavy (non-hydrogen) atoms. The molecule has 9 heteroatoms. The lowest BCUT2D eigenvalue weighted by atomic mass is 10.1. The van der Waals surface area contributed by atoms with Gasteiger partial charge in [-0.2, -0.15) is 10.2 Å². The van der Waals surface area contributed by atoms with E-state index in [1.807, 2.05) is 37.5 Å². The van der Waals surface area contributed by atoms with Crippen molar-refractivity contribution in [2.24, 2.45) is 7.05 Å². The van der Waals surface area contributed by atoms with Crippen LogP contribution in [-0.2, 0) is 20.0 Å².